The van der Waals surface area contributed by atoms with Crippen LogP contribution in [0.25, 0.3) is 21.9 Å². The van der Waals surface area contributed by atoms with Crippen LogP contribution in [0.5, 0.6) is 0 Å². The molecule has 5 rings (SSSR count). The van der Waals surface area contributed by atoms with Gasteiger partial charge in [0.1, 0.15) is 29.6 Å². The lowest BCUT2D eigenvalue weighted by molar-refractivity contribution is -0.116. The molecule has 0 aliphatic heterocycles. The molecule has 5 aromatic rings. The van der Waals surface area contributed by atoms with Crippen molar-refractivity contribution in [3.63, 3.8) is 0 Å². The number of aromatic nitrogens is 3. The van der Waals surface area contributed by atoms with E-state index in [0.29, 0.717) is 35.4 Å². The number of carbonyl (C=O) groups excluding carboxylic acids is 1. The number of benzene rings is 2. The Morgan fingerprint density at radius 3 is 2.47 bits per heavy atom. The van der Waals surface area contributed by atoms with E-state index < -0.39 is 5.63 Å². The van der Waals surface area contributed by atoms with Crippen molar-refractivity contribution in [3.05, 3.63) is 87.5 Å². The monoisotopic (exact) mass is 456 g/mol. The normalized spacial score (nSPS) is 11.4. The molecule has 0 fully saturated rings. The zero-order valence-corrected chi connectivity index (χ0v) is 19.2. The second-order valence-corrected chi connectivity index (χ2v) is 8.46. The number of rotatable bonds is 6. The largest absolute Gasteiger partial charge is 0.461 e. The Balaban J connectivity index is 1.30. The van der Waals surface area contributed by atoms with Crippen LogP contribution in [-0.4, -0.2) is 20.7 Å². The van der Waals surface area contributed by atoms with Crippen molar-refractivity contribution in [3.8, 4) is 0 Å². The van der Waals surface area contributed by atoms with Crippen LogP contribution in [0, 0.1) is 20.8 Å². The summed E-state index contributed by atoms with van der Waals surface area (Å²) in [6, 6.07) is 11.3. The molecule has 0 spiro atoms. The topological polar surface area (TPSA) is 103 Å². The number of nitrogens with one attached hydrogen (secondary N) is 1. The van der Waals surface area contributed by atoms with Gasteiger partial charge in [-0.05, 0) is 62.1 Å². The predicted molar refractivity (Wildman–Crippen MR) is 129 cm³/mol. The number of nitrogens with zero attached hydrogens (tertiary/aromatic N) is 3. The summed E-state index contributed by atoms with van der Waals surface area (Å²) in [6.45, 7) is 6.43. The molecule has 0 unspecified atom stereocenters. The number of furan rings is 1. The molecule has 8 nitrogen and oxygen atoms in total. The summed E-state index contributed by atoms with van der Waals surface area (Å²) in [5, 5.41) is 8.83. The van der Waals surface area contributed by atoms with Gasteiger partial charge in [0.25, 0.3) is 0 Å². The van der Waals surface area contributed by atoms with Crippen molar-refractivity contribution < 1.29 is 13.6 Å². The third kappa shape index (κ3) is 4.10. The number of amides is 1. The summed E-state index contributed by atoms with van der Waals surface area (Å²) >= 11 is 0. The molecule has 34 heavy (non-hydrogen) atoms. The van der Waals surface area contributed by atoms with Crippen molar-refractivity contribution in [1.82, 2.24) is 14.8 Å². The third-order valence-corrected chi connectivity index (χ3v) is 6.23. The minimum absolute atomic E-state index is 0.167. The van der Waals surface area contributed by atoms with Gasteiger partial charge in [-0.15, -0.1) is 0 Å². The van der Waals surface area contributed by atoms with Crippen LogP contribution >= 0.6 is 0 Å². The van der Waals surface area contributed by atoms with Crippen molar-refractivity contribution in [2.75, 3.05) is 5.32 Å². The molecule has 0 radical (unpaired) electrons. The van der Waals surface area contributed by atoms with Crippen molar-refractivity contribution >= 4 is 33.5 Å². The second-order valence-electron chi connectivity index (χ2n) is 8.46. The average Bonchev–Trinajstić information content (AvgIpc) is 3.41. The number of hydrogen-bond donors (Lipinski definition) is 1. The van der Waals surface area contributed by atoms with Gasteiger partial charge in [-0.2, -0.15) is 5.10 Å². The van der Waals surface area contributed by atoms with E-state index in [1.165, 1.54) is 6.33 Å². The Morgan fingerprint density at radius 2 is 1.74 bits per heavy atom. The molecule has 0 saturated carbocycles. The van der Waals surface area contributed by atoms with E-state index >= 15 is 0 Å². The number of carbonyl (C=O) groups is 1. The quantitative estimate of drug-likeness (QED) is 0.372. The Bertz CT molecular complexity index is 1560. The van der Waals surface area contributed by atoms with Gasteiger partial charge < -0.3 is 14.2 Å². The number of anilines is 1. The highest BCUT2D eigenvalue weighted by molar-refractivity contribution is 5.97. The van der Waals surface area contributed by atoms with Crippen LogP contribution in [0.3, 0.4) is 0 Å². The molecule has 2 aromatic carbocycles. The van der Waals surface area contributed by atoms with Crippen LogP contribution in [-0.2, 0) is 17.8 Å². The van der Waals surface area contributed by atoms with Crippen LogP contribution in [0.15, 0.2) is 62.7 Å². The van der Waals surface area contributed by atoms with Crippen LogP contribution in [0.4, 0.5) is 5.69 Å². The van der Waals surface area contributed by atoms with Gasteiger partial charge in [0.2, 0.25) is 5.91 Å². The lowest BCUT2D eigenvalue weighted by atomic mass is 10.0. The molecule has 0 bridgehead atoms. The first-order valence-electron chi connectivity index (χ1n) is 11.1. The molecule has 0 atom stereocenters. The molecular weight excluding hydrogens is 432 g/mol. The van der Waals surface area contributed by atoms with E-state index in [2.05, 4.69) is 15.4 Å². The zero-order valence-electron chi connectivity index (χ0n) is 19.2. The fourth-order valence-corrected chi connectivity index (χ4v) is 4.17. The first kappa shape index (κ1) is 21.6. The summed E-state index contributed by atoms with van der Waals surface area (Å²) in [4.78, 5) is 29.1. The van der Waals surface area contributed by atoms with E-state index in [0.717, 1.165) is 33.2 Å². The predicted octanol–water partition coefficient (Wildman–Crippen LogP) is 4.68. The van der Waals surface area contributed by atoms with Gasteiger partial charge in [0, 0.05) is 34.5 Å². The molecule has 172 valence electrons. The number of fused-ring (bicyclic) bond motifs is 2. The maximum atomic E-state index is 12.7. The standard InChI is InChI=1S/C26H24N4O4/c1-15-17(3)33-23-11-24-22(10-21(15)23)16(2)20(26(32)34-24)8-9-25(31)29-19-6-4-18(5-7-19)12-30-14-27-13-28-30/h4-7,10-11,13-14H,8-9,12H2,1-3H3,(H,29,31). The van der Waals surface area contributed by atoms with Gasteiger partial charge in [-0.3, -0.25) is 4.79 Å². The highest BCUT2D eigenvalue weighted by Crippen LogP contribution is 2.31. The smallest absolute Gasteiger partial charge is 0.339 e. The maximum Gasteiger partial charge on any atom is 0.339 e. The summed E-state index contributed by atoms with van der Waals surface area (Å²) < 4.78 is 13.1. The minimum atomic E-state index is -0.422. The van der Waals surface area contributed by atoms with Crippen molar-refractivity contribution in [2.45, 2.75) is 40.2 Å². The van der Waals surface area contributed by atoms with Crippen LogP contribution in [0.1, 0.15) is 34.4 Å². The highest BCUT2D eigenvalue weighted by Gasteiger charge is 2.16. The fourth-order valence-electron chi connectivity index (χ4n) is 4.17. The first-order valence-corrected chi connectivity index (χ1v) is 11.1. The Hall–Kier alpha value is -4.20. The van der Waals surface area contributed by atoms with Gasteiger partial charge in [0.15, 0.2) is 0 Å². The van der Waals surface area contributed by atoms with E-state index in [1.54, 1.807) is 17.1 Å². The minimum Gasteiger partial charge on any atom is -0.461 e. The Labute approximate surface area is 195 Å². The van der Waals surface area contributed by atoms with E-state index in [1.807, 2.05) is 51.1 Å². The summed E-state index contributed by atoms with van der Waals surface area (Å²) in [5.74, 6) is 0.674. The van der Waals surface area contributed by atoms with E-state index in [9.17, 15) is 9.59 Å². The lowest BCUT2D eigenvalue weighted by Gasteiger charge is -2.09. The van der Waals surface area contributed by atoms with Gasteiger partial charge in [-0.25, -0.2) is 14.5 Å². The molecule has 0 aliphatic rings. The highest BCUT2D eigenvalue weighted by atomic mass is 16.4. The second kappa shape index (κ2) is 8.62. The molecule has 1 N–H and O–H groups in total. The SMILES string of the molecule is Cc1oc2cc3oc(=O)c(CCC(=O)Nc4ccc(Cn5cncn5)cc4)c(C)c3cc2c1C. The molecule has 0 saturated heterocycles. The van der Waals surface area contributed by atoms with Gasteiger partial charge >= 0.3 is 5.63 Å². The fraction of sp³-hybridized carbons (Fsp3) is 0.231. The zero-order chi connectivity index (χ0) is 23.8. The van der Waals surface area contributed by atoms with Crippen molar-refractivity contribution in [2.24, 2.45) is 0 Å². The van der Waals surface area contributed by atoms with Crippen LogP contribution < -0.4 is 10.9 Å². The average molecular weight is 457 g/mol. The van der Waals surface area contributed by atoms with Crippen molar-refractivity contribution in [1.29, 1.82) is 0 Å². The Morgan fingerprint density at radius 1 is 1.00 bits per heavy atom. The number of aryl methyl sites for hydroxylation is 3. The summed E-state index contributed by atoms with van der Waals surface area (Å²) in [5.41, 5.74) is 4.92. The lowest BCUT2D eigenvalue weighted by Crippen LogP contribution is -2.16. The van der Waals surface area contributed by atoms with E-state index in [4.69, 9.17) is 8.83 Å². The molecule has 3 aromatic heterocycles. The summed E-state index contributed by atoms with van der Waals surface area (Å²) in [7, 11) is 0. The van der Waals surface area contributed by atoms with E-state index in [-0.39, 0.29) is 12.3 Å². The third-order valence-electron chi connectivity index (χ3n) is 6.23. The molecule has 1 amide bonds. The van der Waals surface area contributed by atoms with Gasteiger partial charge in [-0.1, -0.05) is 12.1 Å². The molecule has 0 aliphatic carbocycles. The first-order chi connectivity index (χ1) is 16.4. The summed E-state index contributed by atoms with van der Waals surface area (Å²) in [6.07, 6.45) is 3.61. The van der Waals surface area contributed by atoms with Gasteiger partial charge in [0.05, 0.1) is 6.54 Å². The number of hydrogen-bond acceptors (Lipinski definition) is 6. The molecule has 3 heterocycles. The molecule has 8 heteroatoms. The molecular formula is C26H24N4O4. The maximum absolute atomic E-state index is 12.7. The Kier molecular flexibility index (Phi) is 5.49. The van der Waals surface area contributed by atoms with Crippen LogP contribution in [0.2, 0.25) is 0 Å².